The van der Waals surface area contributed by atoms with Gasteiger partial charge in [-0.05, 0) is 55.7 Å². The van der Waals surface area contributed by atoms with Crippen molar-refractivity contribution in [3.63, 3.8) is 0 Å². The highest BCUT2D eigenvalue weighted by Gasteiger charge is 2.14. The van der Waals surface area contributed by atoms with Gasteiger partial charge in [0.05, 0.1) is 12.2 Å². The molecular weight excluding hydrogens is 292 g/mol. The highest BCUT2D eigenvalue weighted by atomic mass is 32.1. The summed E-state index contributed by atoms with van der Waals surface area (Å²) in [6.45, 7) is 6.73. The van der Waals surface area contributed by atoms with E-state index in [0.29, 0.717) is 12.2 Å². The number of fused-ring (bicyclic) bond motifs is 1. The van der Waals surface area contributed by atoms with E-state index in [2.05, 4.69) is 19.9 Å². The zero-order valence-corrected chi connectivity index (χ0v) is 14.7. The molecular formula is C19H26O2S. The molecule has 0 aliphatic carbocycles. The lowest BCUT2D eigenvalue weighted by molar-refractivity contribution is 0.0526. The van der Waals surface area contributed by atoms with Crippen molar-refractivity contribution in [2.24, 2.45) is 0 Å². The number of hydrogen-bond donors (Lipinski definition) is 0. The van der Waals surface area contributed by atoms with Crippen LogP contribution in [0, 0.1) is 0 Å². The van der Waals surface area contributed by atoms with Gasteiger partial charge in [0.25, 0.3) is 0 Å². The highest BCUT2D eigenvalue weighted by Crippen LogP contribution is 2.34. The normalized spacial score (nSPS) is 11.0. The van der Waals surface area contributed by atoms with Crippen molar-refractivity contribution < 1.29 is 9.53 Å². The van der Waals surface area contributed by atoms with Gasteiger partial charge in [0.2, 0.25) is 0 Å². The smallest absolute Gasteiger partial charge is 0.338 e. The third-order valence-corrected chi connectivity index (χ3v) is 5.18. The maximum Gasteiger partial charge on any atom is 0.338 e. The molecule has 1 heterocycles. The van der Waals surface area contributed by atoms with Crippen molar-refractivity contribution in [1.29, 1.82) is 0 Å². The van der Waals surface area contributed by atoms with Crippen LogP contribution in [0.1, 0.15) is 67.3 Å². The second-order valence-corrected chi connectivity index (χ2v) is 6.78. The van der Waals surface area contributed by atoms with Crippen LogP contribution >= 0.6 is 11.3 Å². The van der Waals surface area contributed by atoms with E-state index < -0.39 is 0 Å². The molecule has 2 aromatic rings. The summed E-state index contributed by atoms with van der Waals surface area (Å²) < 4.78 is 6.33. The fourth-order valence-electron chi connectivity index (χ4n) is 2.71. The van der Waals surface area contributed by atoms with Crippen LogP contribution in [0.25, 0.3) is 10.1 Å². The second kappa shape index (κ2) is 8.33. The molecule has 0 amide bonds. The van der Waals surface area contributed by atoms with Gasteiger partial charge in [-0.1, -0.05) is 32.8 Å². The molecule has 120 valence electrons. The Balaban J connectivity index is 2.38. The van der Waals surface area contributed by atoms with Crippen LogP contribution in [-0.4, -0.2) is 12.6 Å². The average molecular weight is 318 g/mol. The van der Waals surface area contributed by atoms with Crippen molar-refractivity contribution in [2.75, 3.05) is 6.61 Å². The van der Waals surface area contributed by atoms with Gasteiger partial charge < -0.3 is 4.74 Å². The van der Waals surface area contributed by atoms with Crippen LogP contribution in [0.2, 0.25) is 0 Å². The number of benzene rings is 1. The number of thiophene rings is 1. The van der Waals surface area contributed by atoms with Gasteiger partial charge in [0.15, 0.2) is 0 Å². The third-order valence-electron chi connectivity index (χ3n) is 3.93. The lowest BCUT2D eigenvalue weighted by atomic mass is 10.0. The van der Waals surface area contributed by atoms with Gasteiger partial charge in [0, 0.05) is 9.58 Å². The first-order valence-corrected chi connectivity index (χ1v) is 9.24. The summed E-state index contributed by atoms with van der Waals surface area (Å²) in [6, 6.07) is 6.02. The summed E-state index contributed by atoms with van der Waals surface area (Å²) in [7, 11) is 0. The first kappa shape index (κ1) is 17.0. The molecule has 0 spiro atoms. The number of carbonyl (C=O) groups is 1. The fourth-order valence-corrected chi connectivity index (χ4v) is 4.04. The molecule has 0 bridgehead atoms. The first-order valence-electron chi connectivity index (χ1n) is 8.42. The molecule has 0 saturated carbocycles. The fraction of sp³-hybridized carbons (Fsp3) is 0.526. The zero-order valence-electron chi connectivity index (χ0n) is 13.9. The molecule has 0 N–H and O–H groups in total. The minimum Gasteiger partial charge on any atom is -0.462 e. The Morgan fingerprint density at radius 2 is 1.82 bits per heavy atom. The monoisotopic (exact) mass is 318 g/mol. The summed E-state index contributed by atoms with van der Waals surface area (Å²) in [5.41, 5.74) is 2.17. The van der Waals surface area contributed by atoms with Gasteiger partial charge in [-0.3, -0.25) is 0 Å². The Kier molecular flexibility index (Phi) is 6.44. The van der Waals surface area contributed by atoms with E-state index in [1.54, 1.807) is 0 Å². The molecule has 1 aromatic heterocycles. The quantitative estimate of drug-likeness (QED) is 0.578. The molecule has 0 unspecified atom stereocenters. The number of hydrogen-bond acceptors (Lipinski definition) is 3. The largest absolute Gasteiger partial charge is 0.462 e. The predicted octanol–water partition coefficient (Wildman–Crippen LogP) is 5.76. The molecule has 0 atom stereocenters. The van der Waals surface area contributed by atoms with Crippen LogP contribution in [0.4, 0.5) is 0 Å². The van der Waals surface area contributed by atoms with E-state index in [9.17, 15) is 4.79 Å². The van der Waals surface area contributed by atoms with Crippen LogP contribution in [-0.2, 0) is 17.6 Å². The standard InChI is InChI=1S/C19H26O2S/c1-4-7-9-15-16-12-11-14(19(20)21-6-3)13-18(16)22-17(15)10-8-5-2/h11-13H,4-10H2,1-3H3. The van der Waals surface area contributed by atoms with Gasteiger partial charge >= 0.3 is 5.97 Å². The number of esters is 1. The molecule has 22 heavy (non-hydrogen) atoms. The summed E-state index contributed by atoms with van der Waals surface area (Å²) in [6.07, 6.45) is 7.19. The van der Waals surface area contributed by atoms with Crippen molar-refractivity contribution >= 4 is 27.4 Å². The lowest BCUT2D eigenvalue weighted by Gasteiger charge is -2.04. The Morgan fingerprint density at radius 1 is 1.09 bits per heavy atom. The van der Waals surface area contributed by atoms with Gasteiger partial charge in [-0.2, -0.15) is 0 Å². The van der Waals surface area contributed by atoms with Crippen molar-refractivity contribution in [3.05, 3.63) is 34.2 Å². The maximum absolute atomic E-state index is 11.9. The van der Waals surface area contributed by atoms with Gasteiger partial charge in [0.1, 0.15) is 0 Å². The number of carbonyl (C=O) groups excluding carboxylic acids is 1. The Morgan fingerprint density at radius 3 is 2.50 bits per heavy atom. The Hall–Kier alpha value is -1.35. The van der Waals surface area contributed by atoms with E-state index >= 15 is 0 Å². The van der Waals surface area contributed by atoms with Crippen molar-refractivity contribution in [2.45, 2.75) is 59.3 Å². The molecule has 2 nitrogen and oxygen atoms in total. The third kappa shape index (κ3) is 3.89. The van der Waals surface area contributed by atoms with E-state index in [4.69, 9.17) is 4.74 Å². The minimum atomic E-state index is -0.219. The number of aryl methyl sites for hydroxylation is 2. The summed E-state index contributed by atoms with van der Waals surface area (Å²) in [5.74, 6) is -0.219. The second-order valence-electron chi connectivity index (χ2n) is 5.64. The molecule has 0 aliphatic heterocycles. The molecule has 0 radical (unpaired) electrons. The average Bonchev–Trinajstić information content (AvgIpc) is 2.87. The lowest BCUT2D eigenvalue weighted by Crippen LogP contribution is -2.03. The summed E-state index contributed by atoms with van der Waals surface area (Å²) >= 11 is 1.86. The molecule has 1 aromatic carbocycles. The molecule has 2 rings (SSSR count). The predicted molar refractivity (Wildman–Crippen MR) is 95.0 cm³/mol. The van der Waals surface area contributed by atoms with Crippen LogP contribution < -0.4 is 0 Å². The Labute approximate surface area is 137 Å². The van der Waals surface area contributed by atoms with Crippen LogP contribution in [0.5, 0.6) is 0 Å². The topological polar surface area (TPSA) is 26.3 Å². The molecule has 0 saturated heterocycles. The van der Waals surface area contributed by atoms with Gasteiger partial charge in [-0.25, -0.2) is 4.79 Å². The summed E-state index contributed by atoms with van der Waals surface area (Å²) in [5, 5.41) is 1.33. The first-order chi connectivity index (χ1) is 10.7. The highest BCUT2D eigenvalue weighted by molar-refractivity contribution is 7.19. The van der Waals surface area contributed by atoms with Gasteiger partial charge in [-0.15, -0.1) is 11.3 Å². The maximum atomic E-state index is 11.9. The SMILES string of the molecule is CCCCc1sc2cc(C(=O)OCC)ccc2c1CCCC. The molecule has 0 fully saturated rings. The number of unbranched alkanes of at least 4 members (excludes halogenated alkanes) is 2. The molecule has 0 aliphatic rings. The summed E-state index contributed by atoms with van der Waals surface area (Å²) in [4.78, 5) is 13.4. The number of rotatable bonds is 8. The van der Waals surface area contributed by atoms with Crippen LogP contribution in [0.3, 0.4) is 0 Å². The van der Waals surface area contributed by atoms with Crippen molar-refractivity contribution in [1.82, 2.24) is 0 Å². The zero-order chi connectivity index (χ0) is 15.9. The van der Waals surface area contributed by atoms with E-state index in [1.807, 2.05) is 30.4 Å². The molecule has 3 heteroatoms. The van der Waals surface area contributed by atoms with Crippen LogP contribution in [0.15, 0.2) is 18.2 Å². The van der Waals surface area contributed by atoms with Crippen molar-refractivity contribution in [3.8, 4) is 0 Å². The number of ether oxygens (including phenoxy) is 1. The minimum absolute atomic E-state index is 0.219. The van der Waals surface area contributed by atoms with E-state index in [0.717, 1.165) is 12.8 Å². The van der Waals surface area contributed by atoms with E-state index in [1.165, 1.54) is 46.2 Å². The Bertz CT molecular complexity index is 628. The van der Waals surface area contributed by atoms with E-state index in [-0.39, 0.29) is 5.97 Å².